The fourth-order valence-corrected chi connectivity index (χ4v) is 2.07. The summed E-state index contributed by atoms with van der Waals surface area (Å²) in [4.78, 5) is 13.0. The Kier molecular flexibility index (Phi) is 4.36. The minimum absolute atomic E-state index is 0.0237. The van der Waals surface area contributed by atoms with Gasteiger partial charge in [-0.25, -0.2) is 0 Å². The van der Waals surface area contributed by atoms with Crippen LogP contribution in [-0.4, -0.2) is 12.2 Å². The van der Waals surface area contributed by atoms with E-state index in [1.807, 2.05) is 65.7 Å². The van der Waals surface area contributed by atoms with E-state index in [1.54, 1.807) is 11.8 Å². The first-order valence-electron chi connectivity index (χ1n) is 5.66. The zero-order valence-electron chi connectivity index (χ0n) is 10.2. The molecular formula is C14H15N2OS+. The molecule has 0 unspecified atom stereocenters. The summed E-state index contributed by atoms with van der Waals surface area (Å²) in [5, 5.41) is 2.89. The van der Waals surface area contributed by atoms with Crippen LogP contribution in [0.15, 0.2) is 59.8 Å². The van der Waals surface area contributed by atoms with Crippen molar-refractivity contribution in [2.45, 2.75) is 11.4 Å². The van der Waals surface area contributed by atoms with E-state index in [0.29, 0.717) is 6.54 Å². The number of nitrogens with one attached hydrogen (secondary N) is 1. The van der Waals surface area contributed by atoms with Gasteiger partial charge in [-0.1, -0.05) is 12.1 Å². The summed E-state index contributed by atoms with van der Waals surface area (Å²) in [6.07, 6.45) is 5.76. The van der Waals surface area contributed by atoms with Gasteiger partial charge in [-0.2, -0.15) is 4.57 Å². The van der Waals surface area contributed by atoms with E-state index >= 15 is 0 Å². The van der Waals surface area contributed by atoms with Crippen molar-refractivity contribution < 1.29 is 9.36 Å². The second-order valence-electron chi connectivity index (χ2n) is 3.83. The van der Waals surface area contributed by atoms with Gasteiger partial charge in [0.15, 0.2) is 12.4 Å². The average Bonchev–Trinajstić information content (AvgIpc) is 2.40. The lowest BCUT2D eigenvalue weighted by molar-refractivity contribution is -0.684. The van der Waals surface area contributed by atoms with Crippen molar-refractivity contribution in [1.29, 1.82) is 0 Å². The molecule has 0 aliphatic heterocycles. The number of thioether (sulfide) groups is 1. The molecule has 0 atom stereocenters. The monoisotopic (exact) mass is 259 g/mol. The topological polar surface area (TPSA) is 33.0 Å². The molecule has 0 fully saturated rings. The zero-order chi connectivity index (χ0) is 12.8. The lowest BCUT2D eigenvalue weighted by atomic mass is 10.3. The standard InChI is InChI=1S/C14H14N2OS/c1-18-13-7-5-6-12(10-13)15-14(17)11-16-8-3-2-4-9-16/h2-10H,11H2,1H3/p+1. The lowest BCUT2D eigenvalue weighted by Gasteiger charge is -2.04. The highest BCUT2D eigenvalue weighted by atomic mass is 32.2. The number of pyridine rings is 1. The lowest BCUT2D eigenvalue weighted by Crippen LogP contribution is -2.39. The molecule has 0 aliphatic rings. The van der Waals surface area contributed by atoms with E-state index in [9.17, 15) is 4.79 Å². The third-order valence-electron chi connectivity index (χ3n) is 2.46. The molecule has 1 N–H and O–H groups in total. The molecule has 2 rings (SSSR count). The number of carbonyl (C=O) groups is 1. The molecule has 92 valence electrons. The number of rotatable bonds is 4. The summed E-state index contributed by atoms with van der Waals surface area (Å²) < 4.78 is 1.84. The molecular weight excluding hydrogens is 244 g/mol. The number of hydrogen-bond donors (Lipinski definition) is 1. The molecule has 1 aromatic heterocycles. The molecule has 1 amide bonds. The van der Waals surface area contributed by atoms with Gasteiger partial charge < -0.3 is 5.32 Å². The largest absolute Gasteiger partial charge is 0.321 e. The van der Waals surface area contributed by atoms with Crippen LogP contribution in [0.25, 0.3) is 0 Å². The Bertz CT molecular complexity index is 528. The summed E-state index contributed by atoms with van der Waals surface area (Å²) in [5.74, 6) is -0.0237. The second kappa shape index (κ2) is 6.21. The van der Waals surface area contributed by atoms with Gasteiger partial charge in [-0.15, -0.1) is 11.8 Å². The number of aromatic nitrogens is 1. The predicted molar refractivity (Wildman–Crippen MR) is 73.5 cm³/mol. The Morgan fingerprint density at radius 2 is 2.00 bits per heavy atom. The highest BCUT2D eigenvalue weighted by Crippen LogP contribution is 2.18. The van der Waals surface area contributed by atoms with Crippen LogP contribution in [0.3, 0.4) is 0 Å². The van der Waals surface area contributed by atoms with Crippen molar-refractivity contribution in [3.05, 3.63) is 54.9 Å². The average molecular weight is 259 g/mol. The maximum Gasteiger partial charge on any atom is 0.290 e. The molecule has 0 saturated carbocycles. The second-order valence-corrected chi connectivity index (χ2v) is 4.71. The number of hydrogen-bond acceptors (Lipinski definition) is 2. The van der Waals surface area contributed by atoms with Gasteiger partial charge in [0.05, 0.1) is 0 Å². The first kappa shape index (κ1) is 12.6. The SMILES string of the molecule is CSc1cccc(NC(=O)C[n+]2ccccc2)c1. The van der Waals surface area contributed by atoms with Crippen LogP contribution >= 0.6 is 11.8 Å². The summed E-state index contributed by atoms with van der Waals surface area (Å²) in [6.45, 7) is 0.324. The Labute approximate surface area is 111 Å². The summed E-state index contributed by atoms with van der Waals surface area (Å²) in [5.41, 5.74) is 0.836. The first-order chi connectivity index (χ1) is 8.78. The van der Waals surface area contributed by atoms with E-state index in [2.05, 4.69) is 5.32 Å². The van der Waals surface area contributed by atoms with Crippen LogP contribution < -0.4 is 9.88 Å². The van der Waals surface area contributed by atoms with Crippen LogP contribution in [0.2, 0.25) is 0 Å². The van der Waals surface area contributed by atoms with E-state index < -0.39 is 0 Å². The molecule has 3 nitrogen and oxygen atoms in total. The van der Waals surface area contributed by atoms with Crippen LogP contribution in [0.1, 0.15) is 0 Å². The maximum atomic E-state index is 11.8. The number of benzene rings is 1. The van der Waals surface area contributed by atoms with Crippen LogP contribution in [0.5, 0.6) is 0 Å². The Morgan fingerprint density at radius 3 is 2.72 bits per heavy atom. The van der Waals surface area contributed by atoms with Crippen LogP contribution in [0.4, 0.5) is 5.69 Å². The Balaban J connectivity index is 1.99. The van der Waals surface area contributed by atoms with Crippen molar-refractivity contribution in [3.8, 4) is 0 Å². The molecule has 0 aliphatic carbocycles. The number of anilines is 1. The van der Waals surface area contributed by atoms with Crippen LogP contribution in [0, 0.1) is 0 Å². The molecule has 4 heteroatoms. The minimum atomic E-state index is -0.0237. The molecule has 0 saturated heterocycles. The van der Waals surface area contributed by atoms with Crippen LogP contribution in [-0.2, 0) is 11.3 Å². The quantitative estimate of drug-likeness (QED) is 0.675. The first-order valence-corrected chi connectivity index (χ1v) is 6.88. The van der Waals surface area contributed by atoms with E-state index in [0.717, 1.165) is 10.6 Å². The third kappa shape index (κ3) is 3.60. The van der Waals surface area contributed by atoms with Gasteiger partial charge in [0.25, 0.3) is 5.91 Å². The normalized spacial score (nSPS) is 10.1. The summed E-state index contributed by atoms with van der Waals surface area (Å²) in [7, 11) is 0. The van der Waals surface area contributed by atoms with Gasteiger partial charge in [0.1, 0.15) is 0 Å². The van der Waals surface area contributed by atoms with Crippen molar-refractivity contribution in [2.24, 2.45) is 0 Å². The van der Waals surface area contributed by atoms with Gasteiger partial charge in [-0.3, -0.25) is 4.79 Å². The summed E-state index contributed by atoms with van der Waals surface area (Å²) in [6, 6.07) is 13.6. The van der Waals surface area contributed by atoms with Gasteiger partial charge in [-0.05, 0) is 24.5 Å². The van der Waals surface area contributed by atoms with Crippen molar-refractivity contribution >= 4 is 23.4 Å². The van der Waals surface area contributed by atoms with E-state index in [4.69, 9.17) is 0 Å². The van der Waals surface area contributed by atoms with Crippen molar-refractivity contribution in [1.82, 2.24) is 0 Å². The fourth-order valence-electron chi connectivity index (χ4n) is 1.61. The minimum Gasteiger partial charge on any atom is -0.321 e. The van der Waals surface area contributed by atoms with Gasteiger partial charge in [0.2, 0.25) is 6.54 Å². The third-order valence-corrected chi connectivity index (χ3v) is 3.18. The Morgan fingerprint density at radius 1 is 1.22 bits per heavy atom. The molecule has 2 aromatic rings. The molecule has 0 radical (unpaired) electrons. The summed E-state index contributed by atoms with van der Waals surface area (Å²) >= 11 is 1.66. The molecule has 1 aromatic carbocycles. The van der Waals surface area contributed by atoms with E-state index in [1.165, 1.54) is 0 Å². The fraction of sp³-hybridized carbons (Fsp3) is 0.143. The molecule has 0 bridgehead atoms. The van der Waals surface area contributed by atoms with Gasteiger partial charge >= 0.3 is 0 Å². The van der Waals surface area contributed by atoms with E-state index in [-0.39, 0.29) is 5.91 Å². The Hall–Kier alpha value is -1.81. The predicted octanol–water partition coefficient (Wildman–Crippen LogP) is 2.33. The van der Waals surface area contributed by atoms with Crippen molar-refractivity contribution in [2.75, 3.05) is 11.6 Å². The van der Waals surface area contributed by atoms with Crippen molar-refractivity contribution in [3.63, 3.8) is 0 Å². The maximum absolute atomic E-state index is 11.8. The number of amides is 1. The van der Waals surface area contributed by atoms with Gasteiger partial charge in [0, 0.05) is 22.7 Å². The zero-order valence-corrected chi connectivity index (χ0v) is 11.0. The molecule has 1 heterocycles. The highest BCUT2D eigenvalue weighted by Gasteiger charge is 2.08. The highest BCUT2D eigenvalue weighted by molar-refractivity contribution is 7.98. The molecule has 0 spiro atoms. The number of nitrogens with zero attached hydrogens (tertiary/aromatic N) is 1. The smallest absolute Gasteiger partial charge is 0.290 e. The molecule has 18 heavy (non-hydrogen) atoms. The number of carbonyl (C=O) groups excluding carboxylic acids is 1.